The molecule has 0 aliphatic carbocycles. The van der Waals surface area contributed by atoms with Gasteiger partial charge in [-0.1, -0.05) is 0 Å². The molecule has 1 aliphatic rings. The first-order chi connectivity index (χ1) is 13.5. The first-order valence-electron chi connectivity index (χ1n) is 9.50. The van der Waals surface area contributed by atoms with Gasteiger partial charge in [-0.2, -0.15) is 0 Å². The highest BCUT2D eigenvalue weighted by Crippen LogP contribution is 2.23. The summed E-state index contributed by atoms with van der Waals surface area (Å²) in [7, 11) is 0. The van der Waals surface area contributed by atoms with Crippen molar-refractivity contribution in [3.05, 3.63) is 77.6 Å². The number of carbonyl (C=O) groups is 2. The monoisotopic (exact) mass is 373 g/mol. The highest BCUT2D eigenvalue weighted by molar-refractivity contribution is 6.04. The first-order valence-corrected chi connectivity index (χ1v) is 9.50. The summed E-state index contributed by atoms with van der Waals surface area (Å²) in [6, 6.07) is 19.2. The Kier molecular flexibility index (Phi) is 4.74. The Bertz CT molecular complexity index is 998. The van der Waals surface area contributed by atoms with E-state index in [0.717, 1.165) is 35.7 Å². The van der Waals surface area contributed by atoms with Crippen LogP contribution in [-0.2, 0) is 4.79 Å². The second-order valence-electron chi connectivity index (χ2n) is 7.15. The minimum Gasteiger partial charge on any atom is -0.322 e. The molecule has 2 amide bonds. The van der Waals surface area contributed by atoms with E-state index in [1.165, 1.54) is 0 Å². The van der Waals surface area contributed by atoms with Crippen LogP contribution in [0.5, 0.6) is 0 Å². The lowest BCUT2D eigenvalue weighted by Gasteiger charge is -2.16. The minimum absolute atomic E-state index is 0.155. The van der Waals surface area contributed by atoms with Crippen LogP contribution in [0.2, 0.25) is 0 Å². The van der Waals surface area contributed by atoms with Gasteiger partial charge >= 0.3 is 0 Å². The van der Waals surface area contributed by atoms with Crippen LogP contribution < -0.4 is 10.2 Å². The van der Waals surface area contributed by atoms with Crippen molar-refractivity contribution in [1.29, 1.82) is 0 Å². The minimum atomic E-state index is -0.155. The molecule has 0 spiro atoms. The third-order valence-electron chi connectivity index (χ3n) is 5.17. The molecule has 1 aliphatic heterocycles. The van der Waals surface area contributed by atoms with Gasteiger partial charge in [-0.3, -0.25) is 9.59 Å². The van der Waals surface area contributed by atoms with Crippen molar-refractivity contribution in [2.45, 2.75) is 26.7 Å². The highest BCUT2D eigenvalue weighted by Gasteiger charge is 2.21. The van der Waals surface area contributed by atoms with Gasteiger partial charge in [0.2, 0.25) is 5.91 Å². The molecule has 2 heterocycles. The summed E-state index contributed by atoms with van der Waals surface area (Å²) in [5.41, 5.74) is 5.54. The van der Waals surface area contributed by atoms with E-state index in [1.807, 2.05) is 48.5 Å². The van der Waals surface area contributed by atoms with Crippen LogP contribution in [0.25, 0.3) is 5.69 Å². The van der Waals surface area contributed by atoms with Gasteiger partial charge in [-0.15, -0.1) is 0 Å². The third kappa shape index (κ3) is 3.43. The van der Waals surface area contributed by atoms with Crippen LogP contribution >= 0.6 is 0 Å². The Morgan fingerprint density at radius 1 is 0.857 bits per heavy atom. The van der Waals surface area contributed by atoms with Gasteiger partial charge in [0.15, 0.2) is 0 Å². The number of aryl methyl sites for hydroxylation is 2. The van der Waals surface area contributed by atoms with Crippen molar-refractivity contribution in [1.82, 2.24) is 4.57 Å². The summed E-state index contributed by atoms with van der Waals surface area (Å²) < 4.78 is 2.15. The summed E-state index contributed by atoms with van der Waals surface area (Å²) in [6.07, 6.45) is 1.51. The number of amides is 2. The molecule has 2 aromatic carbocycles. The molecule has 0 bridgehead atoms. The van der Waals surface area contributed by atoms with Crippen LogP contribution in [0, 0.1) is 13.8 Å². The number of nitrogens with zero attached hydrogens (tertiary/aromatic N) is 2. The van der Waals surface area contributed by atoms with E-state index in [-0.39, 0.29) is 11.8 Å². The van der Waals surface area contributed by atoms with Crippen molar-refractivity contribution >= 4 is 23.2 Å². The second-order valence-corrected chi connectivity index (χ2v) is 7.15. The fraction of sp³-hybridized carbons (Fsp3) is 0.217. The average Bonchev–Trinajstić information content (AvgIpc) is 3.27. The Hall–Kier alpha value is -3.34. The molecule has 1 fully saturated rings. The van der Waals surface area contributed by atoms with Crippen molar-refractivity contribution in [2.24, 2.45) is 0 Å². The van der Waals surface area contributed by atoms with Crippen LogP contribution in [0.4, 0.5) is 11.4 Å². The Morgan fingerprint density at radius 2 is 1.46 bits per heavy atom. The number of aromatic nitrogens is 1. The van der Waals surface area contributed by atoms with Crippen molar-refractivity contribution in [3.8, 4) is 5.69 Å². The van der Waals surface area contributed by atoms with Crippen molar-refractivity contribution < 1.29 is 9.59 Å². The molecule has 28 heavy (non-hydrogen) atoms. The van der Waals surface area contributed by atoms with Crippen LogP contribution in [-0.4, -0.2) is 22.9 Å². The summed E-state index contributed by atoms with van der Waals surface area (Å²) in [4.78, 5) is 26.2. The zero-order valence-corrected chi connectivity index (χ0v) is 16.1. The van der Waals surface area contributed by atoms with Crippen LogP contribution in [0.15, 0.2) is 60.7 Å². The summed E-state index contributed by atoms with van der Waals surface area (Å²) >= 11 is 0. The first kappa shape index (κ1) is 18.0. The lowest BCUT2D eigenvalue weighted by atomic mass is 10.1. The standard InChI is InChI=1S/C23H23N3O2/c1-16-5-6-17(2)26(16)21-11-7-18(8-12-21)23(28)24-19-9-13-20(14-10-19)25-15-3-4-22(25)27/h5-14H,3-4,15H2,1-2H3,(H,24,28). The summed E-state index contributed by atoms with van der Waals surface area (Å²) in [5, 5.41) is 2.92. The lowest BCUT2D eigenvalue weighted by Crippen LogP contribution is -2.23. The Balaban J connectivity index is 1.46. The number of rotatable bonds is 4. The summed E-state index contributed by atoms with van der Waals surface area (Å²) in [5.74, 6) is 0.00235. The fourth-order valence-electron chi connectivity index (χ4n) is 3.69. The van der Waals surface area contributed by atoms with E-state index in [9.17, 15) is 9.59 Å². The lowest BCUT2D eigenvalue weighted by molar-refractivity contribution is -0.117. The maximum atomic E-state index is 12.6. The molecule has 0 saturated carbocycles. The van der Waals surface area contributed by atoms with E-state index in [2.05, 4.69) is 35.9 Å². The number of benzene rings is 2. The topological polar surface area (TPSA) is 54.3 Å². The SMILES string of the molecule is Cc1ccc(C)n1-c1ccc(C(=O)Nc2ccc(N3CCCC3=O)cc2)cc1. The molecule has 1 N–H and O–H groups in total. The van der Waals surface area contributed by atoms with Gasteiger partial charge in [0.05, 0.1) is 0 Å². The summed E-state index contributed by atoms with van der Waals surface area (Å²) in [6.45, 7) is 4.89. The van der Waals surface area contributed by atoms with E-state index in [4.69, 9.17) is 0 Å². The highest BCUT2D eigenvalue weighted by atomic mass is 16.2. The molecule has 1 aromatic heterocycles. The Labute approximate surface area is 164 Å². The zero-order valence-electron chi connectivity index (χ0n) is 16.1. The van der Waals surface area contributed by atoms with Gasteiger partial charge in [-0.25, -0.2) is 0 Å². The molecule has 0 radical (unpaired) electrons. The molecule has 5 nitrogen and oxygen atoms in total. The van der Waals surface area contributed by atoms with Gasteiger partial charge < -0.3 is 14.8 Å². The second kappa shape index (κ2) is 7.35. The van der Waals surface area contributed by atoms with E-state index < -0.39 is 0 Å². The van der Waals surface area contributed by atoms with Gasteiger partial charge in [-0.05, 0) is 80.9 Å². The van der Waals surface area contributed by atoms with Crippen LogP contribution in [0.3, 0.4) is 0 Å². The molecule has 1 saturated heterocycles. The molecular weight excluding hydrogens is 350 g/mol. The quantitative estimate of drug-likeness (QED) is 0.733. The predicted molar refractivity (Wildman–Crippen MR) is 111 cm³/mol. The molecule has 142 valence electrons. The van der Waals surface area contributed by atoms with Gasteiger partial charge in [0.1, 0.15) is 0 Å². The number of anilines is 2. The molecule has 0 atom stereocenters. The van der Waals surface area contributed by atoms with Gasteiger partial charge in [0, 0.05) is 47.0 Å². The number of hydrogen-bond acceptors (Lipinski definition) is 2. The fourth-order valence-corrected chi connectivity index (χ4v) is 3.69. The molecular formula is C23H23N3O2. The van der Waals surface area contributed by atoms with E-state index >= 15 is 0 Å². The number of hydrogen-bond donors (Lipinski definition) is 1. The smallest absolute Gasteiger partial charge is 0.255 e. The third-order valence-corrected chi connectivity index (χ3v) is 5.17. The number of carbonyl (C=O) groups excluding carboxylic acids is 2. The molecule has 5 heteroatoms. The largest absolute Gasteiger partial charge is 0.322 e. The predicted octanol–water partition coefficient (Wildman–Crippen LogP) is 4.47. The maximum absolute atomic E-state index is 12.6. The average molecular weight is 373 g/mol. The number of nitrogens with one attached hydrogen (secondary N) is 1. The molecule has 4 rings (SSSR count). The van der Waals surface area contributed by atoms with Crippen molar-refractivity contribution in [2.75, 3.05) is 16.8 Å². The van der Waals surface area contributed by atoms with E-state index in [0.29, 0.717) is 17.7 Å². The van der Waals surface area contributed by atoms with E-state index in [1.54, 1.807) is 4.90 Å². The maximum Gasteiger partial charge on any atom is 0.255 e. The molecule has 0 unspecified atom stereocenters. The zero-order chi connectivity index (χ0) is 19.7. The van der Waals surface area contributed by atoms with Gasteiger partial charge in [0.25, 0.3) is 5.91 Å². The Morgan fingerprint density at radius 3 is 2.04 bits per heavy atom. The van der Waals surface area contributed by atoms with Crippen molar-refractivity contribution in [3.63, 3.8) is 0 Å². The molecule has 3 aromatic rings. The van der Waals surface area contributed by atoms with Crippen LogP contribution in [0.1, 0.15) is 34.6 Å². The normalized spacial score (nSPS) is 13.8.